The van der Waals surface area contributed by atoms with Crippen LogP contribution in [0, 0.1) is 0 Å². The predicted molar refractivity (Wildman–Crippen MR) is 130 cm³/mol. The highest BCUT2D eigenvalue weighted by Crippen LogP contribution is 2.29. The Balaban J connectivity index is 1.91. The van der Waals surface area contributed by atoms with E-state index in [2.05, 4.69) is 15.6 Å². The normalized spacial score (nSPS) is 10.8. The van der Waals surface area contributed by atoms with Gasteiger partial charge >= 0.3 is 12.1 Å². The molecule has 2 aromatic carbocycles. The summed E-state index contributed by atoms with van der Waals surface area (Å²) in [5.74, 6) is -1.04. The van der Waals surface area contributed by atoms with E-state index in [1.807, 2.05) is 6.07 Å². The molecule has 0 spiro atoms. The van der Waals surface area contributed by atoms with Crippen LogP contribution in [0.1, 0.15) is 36.7 Å². The van der Waals surface area contributed by atoms with Crippen LogP contribution >= 0.6 is 0 Å². The van der Waals surface area contributed by atoms with Crippen molar-refractivity contribution in [1.82, 2.24) is 10.3 Å². The molecule has 35 heavy (non-hydrogen) atoms. The van der Waals surface area contributed by atoms with Gasteiger partial charge < -0.3 is 25.2 Å². The largest absolute Gasteiger partial charge is 0.482 e. The minimum absolute atomic E-state index is 0.150. The molecule has 0 bridgehead atoms. The fraction of sp³-hybridized carbons (Fsp3) is 0.231. The van der Waals surface area contributed by atoms with Crippen molar-refractivity contribution in [3.8, 4) is 16.9 Å². The van der Waals surface area contributed by atoms with E-state index in [0.29, 0.717) is 28.1 Å². The van der Waals surface area contributed by atoms with Gasteiger partial charge in [-0.2, -0.15) is 0 Å². The molecule has 0 unspecified atom stereocenters. The van der Waals surface area contributed by atoms with Gasteiger partial charge in [0.1, 0.15) is 11.4 Å². The van der Waals surface area contributed by atoms with Crippen LogP contribution in [0.5, 0.6) is 5.75 Å². The summed E-state index contributed by atoms with van der Waals surface area (Å²) in [5, 5.41) is 14.5. The Morgan fingerprint density at radius 3 is 2.43 bits per heavy atom. The van der Waals surface area contributed by atoms with Crippen molar-refractivity contribution < 1.29 is 29.0 Å². The zero-order valence-electron chi connectivity index (χ0n) is 19.7. The third-order valence-electron chi connectivity index (χ3n) is 4.64. The number of hydrogen-bond donors (Lipinski definition) is 3. The number of nitrogens with zero attached hydrogens (tertiary/aromatic N) is 1. The highest BCUT2D eigenvalue weighted by Gasteiger charge is 2.17. The maximum Gasteiger partial charge on any atom is 0.407 e. The van der Waals surface area contributed by atoms with Crippen molar-refractivity contribution in [2.45, 2.75) is 32.9 Å². The predicted octanol–water partition coefficient (Wildman–Crippen LogP) is 4.49. The van der Waals surface area contributed by atoms with E-state index in [1.165, 1.54) is 0 Å². The average molecular weight is 478 g/mol. The van der Waals surface area contributed by atoms with E-state index >= 15 is 0 Å². The lowest BCUT2D eigenvalue weighted by molar-refractivity contribution is -0.139. The second kappa shape index (κ2) is 11.1. The number of carbonyl (C=O) groups is 3. The lowest BCUT2D eigenvalue weighted by Gasteiger charge is -2.20. The quantitative estimate of drug-likeness (QED) is 0.436. The number of alkyl carbamates (subject to hydrolysis) is 1. The Hall–Kier alpha value is -4.40. The number of pyridine rings is 1. The van der Waals surface area contributed by atoms with Crippen molar-refractivity contribution in [2.24, 2.45) is 0 Å². The number of aliphatic carboxylic acids is 1. The molecule has 0 fully saturated rings. The molecule has 3 rings (SSSR count). The van der Waals surface area contributed by atoms with E-state index in [4.69, 9.17) is 14.6 Å². The average Bonchev–Trinajstić information content (AvgIpc) is 2.81. The molecular weight excluding hydrogens is 450 g/mol. The number of amides is 2. The Labute approximate surface area is 203 Å². The molecule has 9 heteroatoms. The summed E-state index contributed by atoms with van der Waals surface area (Å²) in [6.07, 6.45) is 2.59. The molecule has 1 aromatic heterocycles. The zero-order chi connectivity index (χ0) is 25.4. The number of ether oxygens (including phenoxy) is 2. The van der Waals surface area contributed by atoms with Crippen LogP contribution in [0.4, 0.5) is 10.5 Å². The number of aromatic nitrogens is 1. The van der Waals surface area contributed by atoms with E-state index in [-0.39, 0.29) is 12.5 Å². The zero-order valence-corrected chi connectivity index (χ0v) is 19.7. The van der Waals surface area contributed by atoms with Crippen LogP contribution in [0.2, 0.25) is 0 Å². The van der Waals surface area contributed by atoms with E-state index in [1.54, 1.807) is 81.7 Å². The van der Waals surface area contributed by atoms with Gasteiger partial charge in [-0.25, -0.2) is 9.59 Å². The van der Waals surface area contributed by atoms with Gasteiger partial charge in [-0.1, -0.05) is 18.2 Å². The second-order valence-corrected chi connectivity index (χ2v) is 8.63. The van der Waals surface area contributed by atoms with Gasteiger partial charge in [-0.15, -0.1) is 0 Å². The van der Waals surface area contributed by atoms with Gasteiger partial charge in [0.25, 0.3) is 5.91 Å². The van der Waals surface area contributed by atoms with Crippen LogP contribution < -0.4 is 15.4 Å². The molecule has 1 heterocycles. The molecular formula is C26H27N3O6. The molecule has 0 saturated carbocycles. The van der Waals surface area contributed by atoms with Gasteiger partial charge in [0.05, 0.1) is 0 Å². The molecule has 0 aliphatic carbocycles. The Bertz CT molecular complexity index is 1210. The highest BCUT2D eigenvalue weighted by molar-refractivity contribution is 6.05. The molecule has 0 aliphatic heterocycles. The number of carboxylic acids is 1. The summed E-state index contributed by atoms with van der Waals surface area (Å²) in [6.45, 7) is 4.99. The summed E-state index contributed by atoms with van der Waals surface area (Å²) in [5.41, 5.74) is 2.45. The molecule has 182 valence electrons. The summed E-state index contributed by atoms with van der Waals surface area (Å²) in [6, 6.07) is 15.3. The van der Waals surface area contributed by atoms with E-state index in [9.17, 15) is 14.4 Å². The first-order valence-corrected chi connectivity index (χ1v) is 10.9. The molecule has 3 aromatic rings. The summed E-state index contributed by atoms with van der Waals surface area (Å²) < 4.78 is 10.6. The van der Waals surface area contributed by atoms with Crippen LogP contribution in [0.25, 0.3) is 11.1 Å². The van der Waals surface area contributed by atoms with E-state index < -0.39 is 24.3 Å². The number of rotatable bonds is 8. The minimum Gasteiger partial charge on any atom is -0.482 e. The van der Waals surface area contributed by atoms with E-state index in [0.717, 1.165) is 5.56 Å². The number of nitrogens with one attached hydrogen (secondary N) is 2. The van der Waals surface area contributed by atoms with Gasteiger partial charge in [0, 0.05) is 30.2 Å². The summed E-state index contributed by atoms with van der Waals surface area (Å²) >= 11 is 0. The topological polar surface area (TPSA) is 127 Å². The molecule has 9 nitrogen and oxygen atoms in total. The van der Waals surface area contributed by atoms with Crippen molar-refractivity contribution in [1.29, 1.82) is 0 Å². The smallest absolute Gasteiger partial charge is 0.407 e. The molecule has 3 N–H and O–H groups in total. The lowest BCUT2D eigenvalue weighted by atomic mass is 9.96. The fourth-order valence-electron chi connectivity index (χ4n) is 3.16. The van der Waals surface area contributed by atoms with Crippen molar-refractivity contribution >= 4 is 23.7 Å². The summed E-state index contributed by atoms with van der Waals surface area (Å²) in [4.78, 5) is 39.9. The number of hydrogen-bond acceptors (Lipinski definition) is 6. The first kappa shape index (κ1) is 25.2. The molecule has 0 radical (unpaired) electrons. The first-order chi connectivity index (χ1) is 16.6. The van der Waals surface area contributed by atoms with Crippen LogP contribution in [0.15, 0.2) is 67.0 Å². The van der Waals surface area contributed by atoms with Crippen molar-refractivity contribution in [3.63, 3.8) is 0 Å². The molecule has 0 aliphatic rings. The van der Waals surface area contributed by atoms with Crippen LogP contribution in [-0.4, -0.2) is 40.3 Å². The minimum atomic E-state index is -1.09. The van der Waals surface area contributed by atoms with Crippen LogP contribution in [0.3, 0.4) is 0 Å². The number of benzene rings is 2. The molecule has 0 saturated heterocycles. The van der Waals surface area contributed by atoms with Gasteiger partial charge in [-0.05, 0) is 73.9 Å². The van der Waals surface area contributed by atoms with Crippen molar-refractivity contribution in [3.05, 3.63) is 78.1 Å². The maximum absolute atomic E-state index is 12.9. The van der Waals surface area contributed by atoms with Crippen LogP contribution in [-0.2, 0) is 16.1 Å². The Morgan fingerprint density at radius 2 is 1.74 bits per heavy atom. The Morgan fingerprint density at radius 1 is 1.00 bits per heavy atom. The third-order valence-corrected chi connectivity index (χ3v) is 4.64. The number of carboxylic acid groups (broad SMARTS) is 1. The highest BCUT2D eigenvalue weighted by atomic mass is 16.6. The standard InChI is InChI=1S/C26H27N3O6/c1-26(2,3)35-25(33)28-15-19-8-7-18(24(32)29-20-9-11-27-12-10-20)14-22(19)17-5-4-6-21(13-17)34-16-23(30)31/h4-14H,15-16H2,1-3H3,(H,28,33)(H,30,31)(H,27,29,32). The summed E-state index contributed by atoms with van der Waals surface area (Å²) in [7, 11) is 0. The van der Waals surface area contributed by atoms with Gasteiger partial charge in [-0.3, -0.25) is 9.78 Å². The maximum atomic E-state index is 12.9. The lowest BCUT2D eigenvalue weighted by Crippen LogP contribution is -2.32. The third kappa shape index (κ3) is 7.85. The van der Waals surface area contributed by atoms with Crippen molar-refractivity contribution in [2.75, 3.05) is 11.9 Å². The second-order valence-electron chi connectivity index (χ2n) is 8.63. The SMILES string of the molecule is CC(C)(C)OC(=O)NCc1ccc(C(=O)Nc2ccncc2)cc1-c1cccc(OCC(=O)O)c1. The Kier molecular flexibility index (Phi) is 8.04. The monoisotopic (exact) mass is 477 g/mol. The fourth-order valence-corrected chi connectivity index (χ4v) is 3.16. The van der Waals surface area contributed by atoms with Gasteiger partial charge in [0.2, 0.25) is 0 Å². The number of anilines is 1. The van der Waals surface area contributed by atoms with Gasteiger partial charge in [0.15, 0.2) is 6.61 Å². The number of carbonyl (C=O) groups excluding carboxylic acids is 2. The first-order valence-electron chi connectivity index (χ1n) is 10.9. The molecule has 2 amide bonds. The molecule has 0 atom stereocenters.